The Bertz CT molecular complexity index is 1210. The molecule has 4 aromatic rings. The molecule has 3 heterocycles. The Morgan fingerprint density at radius 3 is 2.53 bits per heavy atom. The number of carbonyl (C=O) groups excluding carboxylic acids is 1. The highest BCUT2D eigenvalue weighted by Gasteiger charge is 2.41. The van der Waals surface area contributed by atoms with Gasteiger partial charge in [-0.1, -0.05) is 42.0 Å². The first kappa shape index (κ1) is 20.6. The second-order valence-corrected chi connectivity index (χ2v) is 8.93. The number of benzene rings is 2. The molecule has 1 aliphatic heterocycles. The van der Waals surface area contributed by atoms with E-state index in [0.717, 1.165) is 35.3 Å². The lowest BCUT2D eigenvalue weighted by Gasteiger charge is -2.26. The number of nitrogens with one attached hydrogen (secondary N) is 1. The molecule has 7 heteroatoms. The lowest BCUT2D eigenvalue weighted by atomic mass is 9.96. The van der Waals surface area contributed by atoms with Crippen LogP contribution in [0.4, 0.5) is 0 Å². The van der Waals surface area contributed by atoms with Crippen LogP contribution in [0.3, 0.4) is 0 Å². The van der Waals surface area contributed by atoms with Gasteiger partial charge in [-0.3, -0.25) is 9.89 Å². The van der Waals surface area contributed by atoms with Crippen LogP contribution in [0.15, 0.2) is 72.1 Å². The van der Waals surface area contributed by atoms with E-state index in [1.54, 1.807) is 18.0 Å². The first-order valence-corrected chi connectivity index (χ1v) is 11.9. The maximum Gasteiger partial charge on any atom is 0.273 e. The van der Waals surface area contributed by atoms with Crippen molar-refractivity contribution in [1.82, 2.24) is 24.6 Å². The van der Waals surface area contributed by atoms with Crippen molar-refractivity contribution in [1.29, 1.82) is 0 Å². The van der Waals surface area contributed by atoms with E-state index in [1.807, 2.05) is 22.0 Å². The average Bonchev–Trinajstić information content (AvgIpc) is 3.54. The van der Waals surface area contributed by atoms with Gasteiger partial charge in [0.25, 0.3) is 5.91 Å². The smallest absolute Gasteiger partial charge is 0.273 e. The third-order valence-corrected chi connectivity index (χ3v) is 6.74. The van der Waals surface area contributed by atoms with E-state index in [1.165, 1.54) is 10.5 Å². The molecular weight excluding hydrogens is 418 g/mol. The standard InChI is InChI=1S/C25H25N5OS/c1-17-4-6-18(7-5-17)22-21-23(28-27-22)25(31)30(14-3-13-29-15-12-26-16-29)24(21)19-8-10-20(32-2)11-9-19/h4-12,15-16,24H,3,13-14H2,1-2H3,(H,27,28). The van der Waals surface area contributed by atoms with Crippen molar-refractivity contribution in [3.8, 4) is 11.3 Å². The summed E-state index contributed by atoms with van der Waals surface area (Å²) in [6.45, 7) is 3.54. The first-order valence-electron chi connectivity index (χ1n) is 10.7. The van der Waals surface area contributed by atoms with Crippen molar-refractivity contribution in [3.05, 3.63) is 89.6 Å². The van der Waals surface area contributed by atoms with Crippen molar-refractivity contribution >= 4 is 17.7 Å². The summed E-state index contributed by atoms with van der Waals surface area (Å²) in [5.74, 6) is 0.00966. The van der Waals surface area contributed by atoms with Gasteiger partial charge in [0.2, 0.25) is 0 Å². The summed E-state index contributed by atoms with van der Waals surface area (Å²) in [6.07, 6.45) is 8.46. The highest BCUT2D eigenvalue weighted by atomic mass is 32.2. The third kappa shape index (κ3) is 3.73. The average molecular weight is 444 g/mol. The topological polar surface area (TPSA) is 66.8 Å². The predicted octanol–water partition coefficient (Wildman–Crippen LogP) is 4.94. The van der Waals surface area contributed by atoms with Gasteiger partial charge >= 0.3 is 0 Å². The molecule has 0 saturated heterocycles. The zero-order chi connectivity index (χ0) is 22.1. The Hall–Kier alpha value is -3.32. The monoisotopic (exact) mass is 443 g/mol. The van der Waals surface area contributed by atoms with Crippen LogP contribution in [0.2, 0.25) is 0 Å². The molecule has 0 aliphatic carbocycles. The first-order chi connectivity index (χ1) is 15.7. The van der Waals surface area contributed by atoms with E-state index >= 15 is 0 Å². The van der Waals surface area contributed by atoms with Crippen LogP contribution >= 0.6 is 11.8 Å². The maximum atomic E-state index is 13.4. The summed E-state index contributed by atoms with van der Waals surface area (Å²) in [5, 5.41) is 7.61. The Labute approximate surface area is 191 Å². The van der Waals surface area contributed by atoms with Crippen LogP contribution in [0.5, 0.6) is 0 Å². The SMILES string of the molecule is CSc1ccc(C2c3c(-c4ccc(C)cc4)n[nH]c3C(=O)N2CCCn2ccnc2)cc1. The van der Waals surface area contributed by atoms with Gasteiger partial charge in [-0.25, -0.2) is 4.98 Å². The third-order valence-electron chi connectivity index (χ3n) is 5.99. The molecule has 5 rings (SSSR count). The van der Waals surface area contributed by atoms with E-state index in [2.05, 4.69) is 76.9 Å². The minimum atomic E-state index is -0.161. The number of thioether (sulfide) groups is 1. The zero-order valence-corrected chi connectivity index (χ0v) is 19.0. The second-order valence-electron chi connectivity index (χ2n) is 8.06. The molecule has 1 unspecified atom stereocenters. The number of aryl methyl sites for hydroxylation is 2. The number of imidazole rings is 1. The molecule has 1 N–H and O–H groups in total. The molecule has 32 heavy (non-hydrogen) atoms. The zero-order valence-electron chi connectivity index (χ0n) is 18.2. The number of amides is 1. The van der Waals surface area contributed by atoms with Gasteiger partial charge < -0.3 is 9.47 Å². The number of nitrogens with zero attached hydrogens (tertiary/aromatic N) is 4. The van der Waals surface area contributed by atoms with E-state index in [4.69, 9.17) is 0 Å². The maximum absolute atomic E-state index is 13.4. The molecule has 1 aliphatic rings. The minimum absolute atomic E-state index is 0.00966. The molecule has 0 fully saturated rings. The number of H-pyrrole nitrogens is 1. The van der Waals surface area contributed by atoms with Gasteiger partial charge in [-0.15, -0.1) is 11.8 Å². The number of rotatable bonds is 7. The fraction of sp³-hybridized carbons (Fsp3) is 0.240. The van der Waals surface area contributed by atoms with Crippen molar-refractivity contribution in [2.24, 2.45) is 0 Å². The van der Waals surface area contributed by atoms with Crippen LogP contribution < -0.4 is 0 Å². The largest absolute Gasteiger partial charge is 0.337 e. The minimum Gasteiger partial charge on any atom is -0.337 e. The Morgan fingerprint density at radius 2 is 1.84 bits per heavy atom. The van der Waals surface area contributed by atoms with Gasteiger partial charge in [0.1, 0.15) is 5.69 Å². The summed E-state index contributed by atoms with van der Waals surface area (Å²) in [6, 6.07) is 16.7. The fourth-order valence-electron chi connectivity index (χ4n) is 4.33. The number of carbonyl (C=O) groups is 1. The molecular formula is C25H25N5OS. The highest BCUT2D eigenvalue weighted by molar-refractivity contribution is 7.98. The van der Waals surface area contributed by atoms with Crippen LogP contribution in [0.1, 0.15) is 39.6 Å². The van der Waals surface area contributed by atoms with E-state index in [9.17, 15) is 4.79 Å². The van der Waals surface area contributed by atoms with Gasteiger partial charge in [-0.05, 0) is 37.3 Å². The fourth-order valence-corrected chi connectivity index (χ4v) is 4.74. The molecule has 0 saturated carbocycles. The lowest BCUT2D eigenvalue weighted by molar-refractivity contribution is 0.0739. The molecule has 1 atom stereocenters. The number of aromatic nitrogens is 4. The highest BCUT2D eigenvalue weighted by Crippen LogP contribution is 2.43. The number of aromatic amines is 1. The lowest BCUT2D eigenvalue weighted by Crippen LogP contribution is -2.31. The van der Waals surface area contributed by atoms with Crippen LogP contribution in [-0.4, -0.2) is 43.4 Å². The van der Waals surface area contributed by atoms with E-state index in [0.29, 0.717) is 12.2 Å². The van der Waals surface area contributed by atoms with Crippen LogP contribution in [0.25, 0.3) is 11.3 Å². The van der Waals surface area contributed by atoms with Gasteiger partial charge in [-0.2, -0.15) is 5.10 Å². The molecule has 2 aromatic carbocycles. The molecule has 2 aromatic heterocycles. The molecule has 162 valence electrons. The quantitative estimate of drug-likeness (QED) is 0.411. The second kappa shape index (κ2) is 8.67. The predicted molar refractivity (Wildman–Crippen MR) is 127 cm³/mol. The van der Waals surface area contributed by atoms with Gasteiger partial charge in [0.15, 0.2) is 0 Å². The Kier molecular flexibility index (Phi) is 5.57. The van der Waals surface area contributed by atoms with Gasteiger partial charge in [0.05, 0.1) is 18.1 Å². The van der Waals surface area contributed by atoms with Crippen molar-refractivity contribution in [2.45, 2.75) is 30.8 Å². The molecule has 0 bridgehead atoms. The van der Waals surface area contributed by atoms with Gasteiger partial charge in [0, 0.05) is 41.5 Å². The summed E-state index contributed by atoms with van der Waals surface area (Å²) in [4.78, 5) is 20.7. The Balaban J connectivity index is 1.52. The number of hydrogen-bond acceptors (Lipinski definition) is 4. The van der Waals surface area contributed by atoms with Crippen LogP contribution in [0, 0.1) is 6.92 Å². The summed E-state index contributed by atoms with van der Waals surface area (Å²) in [7, 11) is 0. The normalized spacial score (nSPS) is 15.4. The number of hydrogen-bond donors (Lipinski definition) is 1. The van der Waals surface area contributed by atoms with E-state index < -0.39 is 0 Å². The van der Waals surface area contributed by atoms with Crippen molar-refractivity contribution in [2.75, 3.05) is 12.8 Å². The van der Waals surface area contributed by atoms with Crippen molar-refractivity contribution < 1.29 is 4.79 Å². The van der Waals surface area contributed by atoms with E-state index in [-0.39, 0.29) is 11.9 Å². The summed E-state index contributed by atoms with van der Waals surface area (Å²) >= 11 is 1.71. The summed E-state index contributed by atoms with van der Waals surface area (Å²) in [5.41, 5.74) is 5.74. The Morgan fingerprint density at radius 1 is 1.06 bits per heavy atom. The molecule has 1 amide bonds. The molecule has 0 radical (unpaired) electrons. The van der Waals surface area contributed by atoms with Crippen molar-refractivity contribution in [3.63, 3.8) is 0 Å². The van der Waals surface area contributed by atoms with Crippen LogP contribution in [-0.2, 0) is 6.54 Å². The molecule has 6 nitrogen and oxygen atoms in total. The molecule has 0 spiro atoms. The summed E-state index contributed by atoms with van der Waals surface area (Å²) < 4.78 is 2.04. The number of fused-ring (bicyclic) bond motifs is 1.